The molecule has 2 aromatic rings. The molecule has 154 valence electrons. The molecule has 0 aliphatic rings. The van der Waals surface area contributed by atoms with Gasteiger partial charge in [0.15, 0.2) is 15.8 Å². The van der Waals surface area contributed by atoms with Crippen LogP contribution in [-0.2, 0) is 22.8 Å². The number of nitrogens with zero attached hydrogens (tertiary/aromatic N) is 2. The average molecular weight is 517 g/mol. The van der Waals surface area contributed by atoms with Crippen LogP contribution in [0.5, 0.6) is 5.75 Å². The molecule has 0 bridgehead atoms. The highest BCUT2D eigenvalue weighted by Gasteiger charge is 2.10. The number of benzene rings is 2. The first-order valence-electron chi connectivity index (χ1n) is 8.68. The van der Waals surface area contributed by atoms with Crippen LogP contribution >= 0.6 is 24.0 Å². The van der Waals surface area contributed by atoms with Crippen LogP contribution in [0.4, 0.5) is 0 Å². The zero-order valence-corrected chi connectivity index (χ0v) is 19.8. The fourth-order valence-corrected chi connectivity index (χ4v) is 3.40. The second kappa shape index (κ2) is 11.3. The molecular formula is C20H28IN3O3S. The van der Waals surface area contributed by atoms with Crippen molar-refractivity contribution in [3.63, 3.8) is 0 Å². The fraction of sp³-hybridized carbons (Fsp3) is 0.350. The molecule has 0 unspecified atom stereocenters. The normalized spacial score (nSPS) is 11.5. The molecule has 0 saturated carbocycles. The molecule has 0 fully saturated rings. The van der Waals surface area contributed by atoms with E-state index in [1.807, 2.05) is 48.3 Å². The lowest BCUT2D eigenvalue weighted by molar-refractivity contribution is 0.396. The summed E-state index contributed by atoms with van der Waals surface area (Å²) in [5.41, 5.74) is 2.15. The number of hydrogen-bond donors (Lipinski definition) is 1. The maximum Gasteiger partial charge on any atom is 0.193 e. The van der Waals surface area contributed by atoms with Crippen LogP contribution in [0.1, 0.15) is 11.1 Å². The Morgan fingerprint density at radius 2 is 1.79 bits per heavy atom. The Morgan fingerprint density at radius 3 is 2.36 bits per heavy atom. The zero-order chi connectivity index (χ0) is 19.9. The van der Waals surface area contributed by atoms with Crippen LogP contribution in [-0.4, -0.2) is 53.3 Å². The summed E-state index contributed by atoms with van der Waals surface area (Å²) < 4.78 is 28.4. The molecule has 0 heterocycles. The number of methoxy groups -OCH3 is 1. The molecule has 0 aliphatic heterocycles. The number of hydrogen-bond acceptors (Lipinski definition) is 4. The van der Waals surface area contributed by atoms with Crippen LogP contribution in [0.25, 0.3) is 0 Å². The van der Waals surface area contributed by atoms with Gasteiger partial charge in [0.2, 0.25) is 0 Å². The number of guanidine groups is 1. The second-order valence-corrected chi connectivity index (χ2v) is 8.32. The van der Waals surface area contributed by atoms with Crippen molar-refractivity contribution in [1.82, 2.24) is 10.2 Å². The SMILES string of the molecule is CN=C(NCCc1ccc(S(C)(=O)=O)cc1)N(C)Cc1ccccc1OC.I. The molecule has 1 N–H and O–H groups in total. The first-order chi connectivity index (χ1) is 12.8. The van der Waals surface area contributed by atoms with Gasteiger partial charge in [0.25, 0.3) is 0 Å². The van der Waals surface area contributed by atoms with Crippen molar-refractivity contribution in [2.45, 2.75) is 17.9 Å². The minimum Gasteiger partial charge on any atom is -0.496 e. The van der Waals surface area contributed by atoms with E-state index < -0.39 is 9.84 Å². The predicted molar refractivity (Wildman–Crippen MR) is 124 cm³/mol. The molecule has 8 heteroatoms. The van der Waals surface area contributed by atoms with Crippen molar-refractivity contribution in [3.8, 4) is 5.75 Å². The fourth-order valence-electron chi connectivity index (χ4n) is 2.77. The Balaban J connectivity index is 0.00000392. The minimum absolute atomic E-state index is 0. The van der Waals surface area contributed by atoms with Gasteiger partial charge in [0, 0.05) is 39.0 Å². The van der Waals surface area contributed by atoms with Crippen molar-refractivity contribution in [1.29, 1.82) is 0 Å². The van der Waals surface area contributed by atoms with Crippen molar-refractivity contribution < 1.29 is 13.2 Å². The van der Waals surface area contributed by atoms with Gasteiger partial charge in [-0.1, -0.05) is 30.3 Å². The van der Waals surface area contributed by atoms with Crippen LogP contribution in [0.2, 0.25) is 0 Å². The van der Waals surface area contributed by atoms with Gasteiger partial charge >= 0.3 is 0 Å². The highest BCUT2D eigenvalue weighted by Crippen LogP contribution is 2.18. The van der Waals surface area contributed by atoms with E-state index in [1.54, 1.807) is 26.3 Å². The molecule has 2 aromatic carbocycles. The van der Waals surface area contributed by atoms with E-state index >= 15 is 0 Å². The van der Waals surface area contributed by atoms with Crippen molar-refractivity contribution in [2.75, 3.05) is 34.0 Å². The van der Waals surface area contributed by atoms with Crippen LogP contribution in [0.15, 0.2) is 58.4 Å². The highest BCUT2D eigenvalue weighted by molar-refractivity contribution is 14.0. The van der Waals surface area contributed by atoms with Gasteiger partial charge in [-0.3, -0.25) is 4.99 Å². The van der Waals surface area contributed by atoms with Gasteiger partial charge in [0.05, 0.1) is 12.0 Å². The van der Waals surface area contributed by atoms with Crippen molar-refractivity contribution >= 4 is 39.8 Å². The summed E-state index contributed by atoms with van der Waals surface area (Å²) in [4.78, 5) is 6.70. The number of ether oxygens (including phenoxy) is 1. The van der Waals surface area contributed by atoms with Gasteiger partial charge in [0.1, 0.15) is 5.75 Å². The molecular weight excluding hydrogens is 489 g/mol. The molecule has 28 heavy (non-hydrogen) atoms. The molecule has 6 nitrogen and oxygen atoms in total. The summed E-state index contributed by atoms with van der Waals surface area (Å²) in [5.74, 6) is 1.64. The third-order valence-electron chi connectivity index (χ3n) is 4.22. The molecule has 0 amide bonds. The highest BCUT2D eigenvalue weighted by atomic mass is 127. The average Bonchev–Trinajstić information content (AvgIpc) is 2.65. The largest absolute Gasteiger partial charge is 0.496 e. The maximum absolute atomic E-state index is 11.5. The molecule has 0 radical (unpaired) electrons. The van der Waals surface area contributed by atoms with E-state index in [2.05, 4.69) is 10.3 Å². The Morgan fingerprint density at radius 1 is 1.14 bits per heavy atom. The van der Waals surface area contributed by atoms with E-state index in [1.165, 1.54) is 6.26 Å². The van der Waals surface area contributed by atoms with Crippen LogP contribution in [0.3, 0.4) is 0 Å². The monoisotopic (exact) mass is 517 g/mol. The second-order valence-electron chi connectivity index (χ2n) is 6.31. The summed E-state index contributed by atoms with van der Waals surface area (Å²) >= 11 is 0. The standard InChI is InChI=1S/C20H27N3O3S.HI/c1-21-20(23(2)15-17-7-5-6-8-19(17)26-3)22-14-13-16-9-11-18(12-10-16)27(4,24)25;/h5-12H,13-15H2,1-4H3,(H,21,22);1H. The predicted octanol–water partition coefficient (Wildman–Crippen LogP) is 2.97. The summed E-state index contributed by atoms with van der Waals surface area (Å²) in [6.07, 6.45) is 1.98. The van der Waals surface area contributed by atoms with Gasteiger partial charge in [-0.15, -0.1) is 24.0 Å². The number of sulfone groups is 1. The number of aliphatic imine (C=N–C) groups is 1. The number of halogens is 1. The maximum atomic E-state index is 11.5. The summed E-state index contributed by atoms with van der Waals surface area (Å²) in [7, 11) is 2.24. The summed E-state index contributed by atoms with van der Waals surface area (Å²) in [6, 6.07) is 14.9. The molecule has 0 spiro atoms. The van der Waals surface area contributed by atoms with E-state index in [4.69, 9.17) is 4.74 Å². The molecule has 0 aromatic heterocycles. The Hall–Kier alpha value is -1.81. The lowest BCUT2D eigenvalue weighted by Gasteiger charge is -2.23. The van der Waals surface area contributed by atoms with Gasteiger partial charge < -0.3 is 15.0 Å². The first kappa shape index (κ1) is 24.2. The number of para-hydroxylation sites is 1. The summed E-state index contributed by atoms with van der Waals surface area (Å²) in [5, 5.41) is 3.34. The van der Waals surface area contributed by atoms with E-state index in [0.29, 0.717) is 18.0 Å². The third-order valence-corrected chi connectivity index (χ3v) is 5.35. The van der Waals surface area contributed by atoms with Gasteiger partial charge in [-0.05, 0) is 30.2 Å². The van der Waals surface area contributed by atoms with Gasteiger partial charge in [-0.2, -0.15) is 0 Å². The Kier molecular flexibility index (Phi) is 9.74. The van der Waals surface area contributed by atoms with E-state index in [9.17, 15) is 8.42 Å². The van der Waals surface area contributed by atoms with E-state index in [-0.39, 0.29) is 24.0 Å². The third kappa shape index (κ3) is 6.97. The number of rotatable bonds is 7. The summed E-state index contributed by atoms with van der Waals surface area (Å²) in [6.45, 7) is 1.37. The smallest absolute Gasteiger partial charge is 0.193 e. The Bertz CT molecular complexity index is 884. The first-order valence-corrected chi connectivity index (χ1v) is 10.6. The molecule has 0 atom stereocenters. The van der Waals surface area contributed by atoms with Crippen molar-refractivity contribution in [3.05, 3.63) is 59.7 Å². The lowest BCUT2D eigenvalue weighted by atomic mass is 10.1. The molecule has 0 aliphatic carbocycles. The molecule has 2 rings (SSSR count). The molecule has 0 saturated heterocycles. The van der Waals surface area contributed by atoms with Crippen LogP contribution in [0, 0.1) is 0 Å². The topological polar surface area (TPSA) is 71.0 Å². The van der Waals surface area contributed by atoms with Gasteiger partial charge in [-0.25, -0.2) is 8.42 Å². The Labute approximate surface area is 184 Å². The number of nitrogens with one attached hydrogen (secondary N) is 1. The lowest BCUT2D eigenvalue weighted by Crippen LogP contribution is -2.39. The van der Waals surface area contributed by atoms with E-state index in [0.717, 1.165) is 29.3 Å². The zero-order valence-electron chi connectivity index (χ0n) is 16.7. The van der Waals surface area contributed by atoms with Crippen LogP contribution < -0.4 is 10.1 Å². The quantitative estimate of drug-likeness (QED) is 0.348. The minimum atomic E-state index is -3.16. The van der Waals surface area contributed by atoms with Crippen molar-refractivity contribution in [2.24, 2.45) is 4.99 Å².